The number of aryl methyl sites for hydroxylation is 2. The van der Waals surface area contributed by atoms with Crippen molar-refractivity contribution in [3.8, 4) is 0 Å². The number of carbonyl (C=O) groups excluding carboxylic acids is 1. The summed E-state index contributed by atoms with van der Waals surface area (Å²) in [6.07, 6.45) is 1.15. The van der Waals surface area contributed by atoms with Gasteiger partial charge < -0.3 is 11.1 Å². The average Bonchev–Trinajstić information content (AvgIpc) is 2.43. The van der Waals surface area contributed by atoms with Crippen molar-refractivity contribution in [3.63, 3.8) is 0 Å². The minimum absolute atomic E-state index is 0.00752. The molecule has 0 unspecified atom stereocenters. The molecule has 0 aromatic heterocycles. The first kappa shape index (κ1) is 14.6. The molecule has 0 aliphatic heterocycles. The number of anilines is 2. The summed E-state index contributed by atoms with van der Waals surface area (Å²) in [4.78, 5) is 12.0. The molecule has 0 heterocycles. The Hall–Kier alpha value is -1.81. The Morgan fingerprint density at radius 1 is 1.20 bits per heavy atom. The number of nitrogens with two attached hydrogens (primary N) is 1. The molecule has 0 atom stereocenters. The third kappa shape index (κ3) is 3.84. The third-order valence-electron chi connectivity index (χ3n) is 3.09. The zero-order valence-electron chi connectivity index (χ0n) is 11.3. The van der Waals surface area contributed by atoms with E-state index < -0.39 is 0 Å². The van der Waals surface area contributed by atoms with Crippen molar-refractivity contribution in [2.45, 2.75) is 19.8 Å². The summed E-state index contributed by atoms with van der Waals surface area (Å²) in [7, 11) is 0. The second-order valence-electron chi connectivity index (χ2n) is 4.73. The van der Waals surface area contributed by atoms with Gasteiger partial charge in [0, 0.05) is 16.6 Å². The molecule has 0 aliphatic carbocycles. The van der Waals surface area contributed by atoms with Crippen LogP contribution in [-0.2, 0) is 11.2 Å². The monoisotopic (exact) mass is 332 g/mol. The molecule has 2 rings (SSSR count). The number of halogens is 1. The Morgan fingerprint density at radius 2 is 1.90 bits per heavy atom. The van der Waals surface area contributed by atoms with E-state index >= 15 is 0 Å². The van der Waals surface area contributed by atoms with Gasteiger partial charge in [-0.25, -0.2) is 0 Å². The lowest BCUT2D eigenvalue weighted by Crippen LogP contribution is -2.12. The molecule has 2 aromatic rings. The maximum absolute atomic E-state index is 12.0. The minimum atomic E-state index is 0.00752. The van der Waals surface area contributed by atoms with Gasteiger partial charge >= 0.3 is 0 Å². The Kier molecular flexibility index (Phi) is 4.79. The fourth-order valence-electron chi connectivity index (χ4n) is 1.90. The molecular formula is C16H17BrN2O. The van der Waals surface area contributed by atoms with E-state index in [-0.39, 0.29) is 5.91 Å². The number of hydrogen-bond acceptors (Lipinski definition) is 2. The molecule has 0 spiro atoms. The fraction of sp³-hybridized carbons (Fsp3) is 0.188. The average molecular weight is 333 g/mol. The minimum Gasteiger partial charge on any atom is -0.399 e. The Balaban J connectivity index is 1.92. The van der Waals surface area contributed by atoms with Crippen LogP contribution in [0.25, 0.3) is 0 Å². The van der Waals surface area contributed by atoms with Crippen LogP contribution in [-0.4, -0.2) is 5.91 Å². The van der Waals surface area contributed by atoms with E-state index in [1.165, 1.54) is 0 Å². The number of amides is 1. The molecule has 104 valence electrons. The van der Waals surface area contributed by atoms with Gasteiger partial charge in [-0.3, -0.25) is 4.79 Å². The molecule has 20 heavy (non-hydrogen) atoms. The van der Waals surface area contributed by atoms with Crippen LogP contribution in [0.15, 0.2) is 46.9 Å². The lowest BCUT2D eigenvalue weighted by Gasteiger charge is -2.09. The summed E-state index contributed by atoms with van der Waals surface area (Å²) in [5.74, 6) is 0.00752. The molecular weight excluding hydrogens is 316 g/mol. The summed E-state index contributed by atoms with van der Waals surface area (Å²) in [5.41, 5.74) is 9.39. The Bertz CT molecular complexity index is 608. The summed E-state index contributed by atoms with van der Waals surface area (Å²) >= 11 is 3.48. The zero-order chi connectivity index (χ0) is 14.5. The van der Waals surface area contributed by atoms with Gasteiger partial charge in [0.2, 0.25) is 5.91 Å². The summed E-state index contributed by atoms with van der Waals surface area (Å²) in [6.45, 7) is 1.99. The van der Waals surface area contributed by atoms with E-state index in [1.807, 2.05) is 49.4 Å². The van der Waals surface area contributed by atoms with Crippen molar-refractivity contribution in [1.82, 2.24) is 0 Å². The molecule has 0 aliphatic rings. The number of rotatable bonds is 4. The standard InChI is InChI=1S/C16H17BrN2O/c1-11-3-2-4-14(16(11)17)19-15(20)10-7-12-5-8-13(18)9-6-12/h2-6,8-9H,7,10,18H2,1H3,(H,19,20). The van der Waals surface area contributed by atoms with Crippen LogP contribution in [0.5, 0.6) is 0 Å². The highest BCUT2D eigenvalue weighted by Gasteiger charge is 2.07. The highest BCUT2D eigenvalue weighted by molar-refractivity contribution is 9.10. The number of hydrogen-bond donors (Lipinski definition) is 2. The van der Waals surface area contributed by atoms with Gasteiger partial charge in [-0.2, -0.15) is 0 Å². The highest BCUT2D eigenvalue weighted by Crippen LogP contribution is 2.25. The van der Waals surface area contributed by atoms with Crippen molar-refractivity contribution in [3.05, 3.63) is 58.1 Å². The molecule has 0 radical (unpaired) electrons. The van der Waals surface area contributed by atoms with Gasteiger partial charge in [0.25, 0.3) is 0 Å². The topological polar surface area (TPSA) is 55.1 Å². The SMILES string of the molecule is Cc1cccc(NC(=O)CCc2ccc(N)cc2)c1Br. The van der Waals surface area contributed by atoms with Gasteiger partial charge in [-0.1, -0.05) is 24.3 Å². The van der Waals surface area contributed by atoms with Gasteiger partial charge in [-0.15, -0.1) is 0 Å². The normalized spacial score (nSPS) is 10.3. The molecule has 3 N–H and O–H groups in total. The molecule has 3 nitrogen and oxygen atoms in total. The van der Waals surface area contributed by atoms with E-state index in [1.54, 1.807) is 0 Å². The largest absolute Gasteiger partial charge is 0.399 e. The number of benzene rings is 2. The fourth-order valence-corrected chi connectivity index (χ4v) is 2.26. The Labute approximate surface area is 127 Å². The van der Waals surface area contributed by atoms with E-state index in [0.29, 0.717) is 12.8 Å². The molecule has 0 saturated heterocycles. The van der Waals surface area contributed by atoms with E-state index in [9.17, 15) is 4.79 Å². The lowest BCUT2D eigenvalue weighted by atomic mass is 10.1. The number of nitrogens with one attached hydrogen (secondary N) is 1. The second kappa shape index (κ2) is 6.57. The zero-order valence-corrected chi connectivity index (χ0v) is 12.9. The van der Waals surface area contributed by atoms with Gasteiger partial charge in [0.05, 0.1) is 5.69 Å². The van der Waals surface area contributed by atoms with Crippen molar-refractivity contribution >= 4 is 33.2 Å². The molecule has 0 saturated carbocycles. The predicted molar refractivity (Wildman–Crippen MR) is 86.7 cm³/mol. The van der Waals surface area contributed by atoms with Gasteiger partial charge in [-0.05, 0) is 58.6 Å². The van der Waals surface area contributed by atoms with Crippen LogP contribution < -0.4 is 11.1 Å². The van der Waals surface area contributed by atoms with Crippen molar-refractivity contribution in [1.29, 1.82) is 0 Å². The molecule has 0 fully saturated rings. The van der Waals surface area contributed by atoms with Crippen LogP contribution in [0, 0.1) is 6.92 Å². The third-order valence-corrected chi connectivity index (χ3v) is 4.14. The van der Waals surface area contributed by atoms with Crippen LogP contribution in [0.3, 0.4) is 0 Å². The number of nitrogen functional groups attached to an aromatic ring is 1. The van der Waals surface area contributed by atoms with Crippen molar-refractivity contribution < 1.29 is 4.79 Å². The quantitative estimate of drug-likeness (QED) is 0.834. The molecule has 4 heteroatoms. The molecule has 2 aromatic carbocycles. The lowest BCUT2D eigenvalue weighted by molar-refractivity contribution is -0.116. The maximum atomic E-state index is 12.0. The summed E-state index contributed by atoms with van der Waals surface area (Å²) in [6, 6.07) is 13.4. The molecule has 0 bridgehead atoms. The highest BCUT2D eigenvalue weighted by atomic mass is 79.9. The first-order valence-electron chi connectivity index (χ1n) is 6.45. The van der Waals surface area contributed by atoms with Gasteiger partial charge in [0.15, 0.2) is 0 Å². The van der Waals surface area contributed by atoms with E-state index in [0.717, 1.165) is 27.0 Å². The van der Waals surface area contributed by atoms with Crippen LogP contribution in [0.1, 0.15) is 17.5 Å². The van der Waals surface area contributed by atoms with Crippen LogP contribution in [0.2, 0.25) is 0 Å². The number of carbonyl (C=O) groups is 1. The molecule has 1 amide bonds. The first-order chi connectivity index (χ1) is 9.56. The van der Waals surface area contributed by atoms with Crippen LogP contribution >= 0.6 is 15.9 Å². The smallest absolute Gasteiger partial charge is 0.224 e. The Morgan fingerprint density at radius 3 is 2.60 bits per heavy atom. The van der Waals surface area contributed by atoms with Crippen molar-refractivity contribution in [2.24, 2.45) is 0 Å². The van der Waals surface area contributed by atoms with Crippen LogP contribution in [0.4, 0.5) is 11.4 Å². The van der Waals surface area contributed by atoms with E-state index in [4.69, 9.17) is 5.73 Å². The predicted octanol–water partition coefficient (Wildman–Crippen LogP) is 3.91. The second-order valence-corrected chi connectivity index (χ2v) is 5.52. The summed E-state index contributed by atoms with van der Waals surface area (Å²) < 4.78 is 0.931. The maximum Gasteiger partial charge on any atom is 0.224 e. The van der Waals surface area contributed by atoms with Crippen molar-refractivity contribution in [2.75, 3.05) is 11.1 Å². The first-order valence-corrected chi connectivity index (χ1v) is 7.25. The summed E-state index contributed by atoms with van der Waals surface area (Å²) in [5, 5.41) is 2.92. The van der Waals surface area contributed by atoms with Gasteiger partial charge in [0.1, 0.15) is 0 Å². The van der Waals surface area contributed by atoms with E-state index in [2.05, 4.69) is 21.2 Å².